The third-order valence-corrected chi connectivity index (χ3v) is 5.74. The van der Waals surface area contributed by atoms with Crippen molar-refractivity contribution in [3.05, 3.63) is 42.9 Å². The molecule has 2 N–H and O–H groups in total. The number of nitrogens with zero attached hydrogens (tertiary/aromatic N) is 2. The normalized spacial score (nSPS) is 11.4. The lowest BCUT2D eigenvalue weighted by molar-refractivity contribution is 0.144. The van der Waals surface area contributed by atoms with Gasteiger partial charge < -0.3 is 23.4 Å². The first-order valence-electron chi connectivity index (χ1n) is 9.64. The monoisotopic (exact) mass is 494 g/mol. The van der Waals surface area contributed by atoms with Crippen molar-refractivity contribution < 1.29 is 26.8 Å². The molecule has 0 atom stereocenters. The number of hydrogen-bond acceptors (Lipinski definition) is 8. The lowest BCUT2D eigenvalue weighted by Gasteiger charge is -2.13. The summed E-state index contributed by atoms with van der Waals surface area (Å²) < 4.78 is 47.0. The molecule has 2 heterocycles. The van der Waals surface area contributed by atoms with Crippen LogP contribution in [0.3, 0.4) is 0 Å². The van der Waals surface area contributed by atoms with Gasteiger partial charge in [0.2, 0.25) is 0 Å². The molecule has 0 saturated heterocycles. The summed E-state index contributed by atoms with van der Waals surface area (Å²) in [6, 6.07) is 8.56. The molecule has 4 aromatic rings. The molecule has 0 aliphatic carbocycles. The molecule has 0 bridgehead atoms. The maximum atomic E-state index is 11.8. The van der Waals surface area contributed by atoms with E-state index in [-0.39, 0.29) is 18.2 Å². The minimum Gasteiger partial charge on any atom is -0.493 e. The topological polar surface area (TPSA) is 125 Å². The van der Waals surface area contributed by atoms with Crippen LogP contribution in [0.4, 0.5) is 0 Å². The largest absolute Gasteiger partial charge is 0.493 e. The van der Waals surface area contributed by atoms with Crippen molar-refractivity contribution in [1.29, 1.82) is 0 Å². The van der Waals surface area contributed by atoms with Crippen LogP contribution in [0.15, 0.2) is 42.9 Å². The molecule has 12 heteroatoms. The van der Waals surface area contributed by atoms with Crippen molar-refractivity contribution in [3.63, 3.8) is 0 Å². The SMILES string of the molecule is CNS(=O)(=O)Oc1ccc2[nH]cc(-c3ncnc4cc(OCCOC)c(OC)cc34)c2c1.Cl. The number of aromatic nitrogens is 3. The number of ether oxygens (including phenoxy) is 3. The van der Waals surface area contributed by atoms with E-state index in [0.717, 1.165) is 21.9 Å². The summed E-state index contributed by atoms with van der Waals surface area (Å²) in [6.07, 6.45) is 3.27. The first-order valence-corrected chi connectivity index (χ1v) is 11.1. The summed E-state index contributed by atoms with van der Waals surface area (Å²) in [5, 5.41) is 1.49. The Morgan fingerprint density at radius 3 is 2.58 bits per heavy atom. The average Bonchev–Trinajstić information content (AvgIpc) is 3.21. The van der Waals surface area contributed by atoms with Gasteiger partial charge in [0.25, 0.3) is 0 Å². The summed E-state index contributed by atoms with van der Waals surface area (Å²) in [5.41, 5.74) is 2.88. The molecule has 0 saturated carbocycles. The first-order chi connectivity index (χ1) is 15.5. The smallest absolute Gasteiger partial charge is 0.382 e. The number of benzene rings is 2. The zero-order valence-electron chi connectivity index (χ0n) is 18.1. The Morgan fingerprint density at radius 1 is 1.03 bits per heavy atom. The van der Waals surface area contributed by atoms with E-state index in [9.17, 15) is 8.42 Å². The van der Waals surface area contributed by atoms with Gasteiger partial charge in [-0.05, 0) is 24.3 Å². The Morgan fingerprint density at radius 2 is 1.85 bits per heavy atom. The summed E-state index contributed by atoms with van der Waals surface area (Å²) >= 11 is 0. The van der Waals surface area contributed by atoms with Gasteiger partial charge in [-0.1, -0.05) is 0 Å². The first kappa shape index (κ1) is 24.5. The van der Waals surface area contributed by atoms with E-state index >= 15 is 0 Å². The maximum absolute atomic E-state index is 11.8. The van der Waals surface area contributed by atoms with E-state index in [1.165, 1.54) is 13.4 Å². The third kappa shape index (κ3) is 5.11. The molecule has 0 radical (unpaired) electrons. The van der Waals surface area contributed by atoms with Gasteiger partial charge in [-0.15, -0.1) is 12.4 Å². The summed E-state index contributed by atoms with van der Waals surface area (Å²) in [7, 11) is 0.560. The van der Waals surface area contributed by atoms with E-state index in [1.807, 2.05) is 6.07 Å². The van der Waals surface area contributed by atoms with Gasteiger partial charge in [0, 0.05) is 48.3 Å². The Labute approximate surface area is 196 Å². The fourth-order valence-electron chi connectivity index (χ4n) is 3.30. The van der Waals surface area contributed by atoms with Crippen LogP contribution >= 0.6 is 12.4 Å². The Balaban J connectivity index is 0.00000306. The van der Waals surface area contributed by atoms with E-state index in [0.29, 0.717) is 35.9 Å². The molecule has 0 spiro atoms. The van der Waals surface area contributed by atoms with Crippen molar-refractivity contribution in [1.82, 2.24) is 19.7 Å². The van der Waals surface area contributed by atoms with Crippen molar-refractivity contribution in [2.24, 2.45) is 0 Å². The van der Waals surface area contributed by atoms with Gasteiger partial charge in [-0.2, -0.15) is 13.1 Å². The van der Waals surface area contributed by atoms with Gasteiger partial charge in [-0.3, -0.25) is 0 Å². The lowest BCUT2D eigenvalue weighted by Crippen LogP contribution is -2.24. The molecule has 0 fully saturated rings. The van der Waals surface area contributed by atoms with Crippen LogP contribution in [-0.2, 0) is 15.0 Å². The summed E-state index contributed by atoms with van der Waals surface area (Å²) in [5.74, 6) is 1.26. The second-order valence-corrected chi connectivity index (χ2v) is 8.22. The zero-order valence-corrected chi connectivity index (χ0v) is 19.7. The van der Waals surface area contributed by atoms with Crippen molar-refractivity contribution in [2.45, 2.75) is 0 Å². The van der Waals surface area contributed by atoms with Crippen LogP contribution < -0.4 is 18.4 Å². The minimum absolute atomic E-state index is 0. The molecule has 0 amide bonds. The highest BCUT2D eigenvalue weighted by molar-refractivity contribution is 7.85. The van der Waals surface area contributed by atoms with E-state index in [1.54, 1.807) is 44.7 Å². The minimum atomic E-state index is -3.89. The summed E-state index contributed by atoms with van der Waals surface area (Å²) in [6.45, 7) is 0.816. The molecule has 0 unspecified atom stereocenters. The number of aromatic amines is 1. The van der Waals surface area contributed by atoms with Gasteiger partial charge in [0.05, 0.1) is 24.9 Å². The van der Waals surface area contributed by atoms with Crippen LogP contribution in [0.1, 0.15) is 0 Å². The fraction of sp³-hybridized carbons (Fsp3) is 0.238. The molecule has 10 nitrogen and oxygen atoms in total. The molecule has 33 heavy (non-hydrogen) atoms. The number of H-pyrrole nitrogens is 1. The zero-order chi connectivity index (χ0) is 22.7. The number of rotatable bonds is 9. The van der Waals surface area contributed by atoms with Crippen LogP contribution in [0.25, 0.3) is 33.1 Å². The van der Waals surface area contributed by atoms with Crippen LogP contribution in [0, 0.1) is 0 Å². The highest BCUT2D eigenvalue weighted by Gasteiger charge is 2.17. The molecular weight excluding hydrogens is 472 g/mol. The highest BCUT2D eigenvalue weighted by Crippen LogP contribution is 2.38. The van der Waals surface area contributed by atoms with Crippen molar-refractivity contribution >= 4 is 44.5 Å². The Kier molecular flexibility index (Phi) is 7.59. The van der Waals surface area contributed by atoms with Crippen molar-refractivity contribution in [2.75, 3.05) is 34.5 Å². The average molecular weight is 495 g/mol. The Hall–Kier alpha value is -3.12. The number of hydrogen-bond donors (Lipinski definition) is 2. The predicted molar refractivity (Wildman–Crippen MR) is 127 cm³/mol. The molecule has 0 aliphatic heterocycles. The molecule has 4 rings (SSSR count). The van der Waals surface area contributed by atoms with Crippen molar-refractivity contribution in [3.8, 4) is 28.5 Å². The second kappa shape index (κ2) is 10.2. The fourth-order valence-corrected chi connectivity index (χ4v) is 3.74. The molecular formula is C21H23ClN4O6S. The van der Waals surface area contributed by atoms with Crippen LogP contribution in [-0.4, -0.2) is 57.9 Å². The van der Waals surface area contributed by atoms with Gasteiger partial charge in [-0.25, -0.2) is 9.97 Å². The van der Waals surface area contributed by atoms with Gasteiger partial charge >= 0.3 is 10.3 Å². The summed E-state index contributed by atoms with van der Waals surface area (Å²) in [4.78, 5) is 12.0. The van der Waals surface area contributed by atoms with Crippen LogP contribution in [0.5, 0.6) is 17.2 Å². The number of fused-ring (bicyclic) bond motifs is 2. The van der Waals surface area contributed by atoms with E-state index in [4.69, 9.17) is 18.4 Å². The van der Waals surface area contributed by atoms with Gasteiger partial charge in [0.15, 0.2) is 11.5 Å². The molecule has 0 aliphatic rings. The number of methoxy groups -OCH3 is 2. The third-order valence-electron chi connectivity index (χ3n) is 4.83. The second-order valence-electron chi connectivity index (χ2n) is 6.74. The molecule has 2 aromatic carbocycles. The predicted octanol–water partition coefficient (Wildman–Crippen LogP) is 3.08. The molecule has 176 valence electrons. The van der Waals surface area contributed by atoms with Crippen LogP contribution in [0.2, 0.25) is 0 Å². The molecule has 2 aromatic heterocycles. The Bertz CT molecular complexity index is 1380. The van der Waals surface area contributed by atoms with E-state index in [2.05, 4.69) is 19.7 Å². The maximum Gasteiger partial charge on any atom is 0.382 e. The van der Waals surface area contributed by atoms with Gasteiger partial charge in [0.1, 0.15) is 18.7 Å². The van der Waals surface area contributed by atoms with E-state index < -0.39 is 10.3 Å². The number of nitrogens with one attached hydrogen (secondary N) is 2. The lowest BCUT2D eigenvalue weighted by atomic mass is 10.0. The standard InChI is InChI=1S/C21H22N4O6S.ClH/c1-22-32(26,27)31-13-4-5-17-14(8-13)16(11-23-17)21-15-9-19(29-3)20(30-7-6-28-2)10-18(15)24-12-25-21;/h4-5,8-12,22-23H,6-7H2,1-3H3;1H. The quantitative estimate of drug-likeness (QED) is 0.340. The number of halogens is 1. The highest BCUT2D eigenvalue weighted by atomic mass is 35.5.